The van der Waals surface area contributed by atoms with Gasteiger partial charge < -0.3 is 10.6 Å². The minimum atomic E-state index is 0.0531. The van der Waals surface area contributed by atoms with Crippen LogP contribution in [-0.2, 0) is 0 Å². The molecule has 0 amide bonds. The molecule has 0 aliphatic heterocycles. The molecule has 7 heteroatoms. The number of hydrogen-bond donors (Lipinski definition) is 3. The van der Waals surface area contributed by atoms with E-state index in [1.165, 1.54) is 24.9 Å². The molecule has 4 rings (SSSR count). The van der Waals surface area contributed by atoms with Crippen molar-refractivity contribution in [2.75, 3.05) is 10.6 Å². The Morgan fingerprint density at radius 1 is 1.12 bits per heavy atom. The zero-order valence-corrected chi connectivity index (χ0v) is 14.4. The van der Waals surface area contributed by atoms with Crippen molar-refractivity contribution >= 4 is 17.5 Å². The first-order valence-corrected chi connectivity index (χ1v) is 8.62. The molecule has 1 atom stereocenters. The number of H-pyrrole nitrogens is 1. The predicted molar refractivity (Wildman–Crippen MR) is 99.1 cm³/mol. The van der Waals surface area contributed by atoms with Gasteiger partial charge in [-0.1, -0.05) is 12.1 Å². The fourth-order valence-corrected chi connectivity index (χ4v) is 2.79. The normalized spacial score (nSPS) is 14.5. The lowest BCUT2D eigenvalue weighted by atomic mass is 10.1. The predicted octanol–water partition coefficient (Wildman–Crippen LogP) is 3.87. The first kappa shape index (κ1) is 16.1. The SMILES string of the molecule is CC(Nc1cc(Nc2cc(C3CC3)[nH]n2)ncn1)c1ccc(C#N)cc1. The Kier molecular flexibility index (Phi) is 4.23. The number of hydrogen-bond acceptors (Lipinski definition) is 6. The van der Waals surface area contributed by atoms with Crippen LogP contribution in [0.25, 0.3) is 0 Å². The molecular weight excluding hydrogens is 326 g/mol. The number of rotatable bonds is 6. The van der Waals surface area contributed by atoms with E-state index < -0.39 is 0 Å². The zero-order valence-electron chi connectivity index (χ0n) is 14.4. The second kappa shape index (κ2) is 6.84. The highest BCUT2D eigenvalue weighted by molar-refractivity contribution is 5.56. The van der Waals surface area contributed by atoms with Gasteiger partial charge in [0, 0.05) is 29.8 Å². The molecule has 2 aromatic heterocycles. The topological polar surface area (TPSA) is 102 Å². The number of nitriles is 1. The van der Waals surface area contributed by atoms with Crippen molar-refractivity contribution in [2.45, 2.75) is 31.7 Å². The summed E-state index contributed by atoms with van der Waals surface area (Å²) in [5.74, 6) is 2.80. The number of anilines is 3. The lowest BCUT2D eigenvalue weighted by molar-refractivity contribution is 0.872. The Hall–Kier alpha value is -3.40. The van der Waals surface area contributed by atoms with Gasteiger partial charge in [0.2, 0.25) is 0 Å². The highest BCUT2D eigenvalue weighted by Crippen LogP contribution is 2.39. The Labute approximate surface area is 151 Å². The van der Waals surface area contributed by atoms with Crippen LogP contribution in [0.1, 0.15) is 48.5 Å². The molecule has 0 radical (unpaired) electrons. The summed E-state index contributed by atoms with van der Waals surface area (Å²) in [5.41, 5.74) is 2.91. The van der Waals surface area contributed by atoms with Crippen molar-refractivity contribution in [3.63, 3.8) is 0 Å². The van der Waals surface area contributed by atoms with Crippen LogP contribution >= 0.6 is 0 Å². The summed E-state index contributed by atoms with van der Waals surface area (Å²) >= 11 is 0. The van der Waals surface area contributed by atoms with Crippen LogP contribution in [0.15, 0.2) is 42.7 Å². The molecule has 3 aromatic rings. The Bertz CT molecular complexity index is 935. The summed E-state index contributed by atoms with van der Waals surface area (Å²) in [6.07, 6.45) is 3.98. The van der Waals surface area contributed by atoms with Gasteiger partial charge >= 0.3 is 0 Å². The number of aromatic amines is 1. The van der Waals surface area contributed by atoms with Crippen molar-refractivity contribution < 1.29 is 0 Å². The fraction of sp³-hybridized carbons (Fsp3) is 0.263. The van der Waals surface area contributed by atoms with Crippen molar-refractivity contribution in [3.05, 3.63) is 59.5 Å². The zero-order chi connectivity index (χ0) is 17.9. The van der Waals surface area contributed by atoms with Crippen LogP contribution in [-0.4, -0.2) is 20.2 Å². The highest BCUT2D eigenvalue weighted by Gasteiger charge is 2.25. The first-order chi connectivity index (χ1) is 12.7. The van der Waals surface area contributed by atoms with Crippen molar-refractivity contribution in [1.29, 1.82) is 5.26 Å². The van der Waals surface area contributed by atoms with Crippen LogP contribution in [0.5, 0.6) is 0 Å². The summed E-state index contributed by atoms with van der Waals surface area (Å²) in [5, 5.41) is 22.8. The molecular formula is C19H19N7. The molecule has 1 aliphatic rings. The Balaban J connectivity index is 1.43. The van der Waals surface area contributed by atoms with Gasteiger partial charge in [-0.15, -0.1) is 0 Å². The van der Waals surface area contributed by atoms with Crippen LogP contribution in [0.4, 0.5) is 17.5 Å². The smallest absolute Gasteiger partial charge is 0.153 e. The highest BCUT2D eigenvalue weighted by atomic mass is 15.2. The summed E-state index contributed by atoms with van der Waals surface area (Å²) in [6.45, 7) is 2.05. The third-order valence-electron chi connectivity index (χ3n) is 4.44. The minimum absolute atomic E-state index is 0.0531. The second-order valence-electron chi connectivity index (χ2n) is 6.50. The van der Waals surface area contributed by atoms with Crippen LogP contribution in [0.3, 0.4) is 0 Å². The van der Waals surface area contributed by atoms with Gasteiger partial charge in [0.15, 0.2) is 5.82 Å². The van der Waals surface area contributed by atoms with E-state index in [9.17, 15) is 0 Å². The standard InChI is InChI=1S/C19H19N7/c1-12(14-4-2-13(10-20)3-5-14)23-17-9-18(22-11-21-17)24-19-8-16(25-26-19)15-6-7-15/h2-5,8-9,11-12,15H,6-7H2,1H3,(H3,21,22,23,24,25,26). The molecule has 1 saturated carbocycles. The lowest BCUT2D eigenvalue weighted by Crippen LogP contribution is -2.08. The van der Waals surface area contributed by atoms with Gasteiger partial charge in [-0.3, -0.25) is 5.10 Å². The van der Waals surface area contributed by atoms with E-state index in [2.05, 4.69) is 36.9 Å². The number of nitrogens with one attached hydrogen (secondary N) is 3. The maximum absolute atomic E-state index is 8.89. The monoisotopic (exact) mass is 345 g/mol. The van der Waals surface area contributed by atoms with E-state index in [1.54, 1.807) is 0 Å². The molecule has 0 spiro atoms. The summed E-state index contributed by atoms with van der Waals surface area (Å²) in [7, 11) is 0. The molecule has 26 heavy (non-hydrogen) atoms. The largest absolute Gasteiger partial charge is 0.363 e. The third-order valence-corrected chi connectivity index (χ3v) is 4.44. The van der Waals surface area contributed by atoms with Gasteiger partial charge in [-0.05, 0) is 37.5 Å². The maximum Gasteiger partial charge on any atom is 0.153 e. The van der Waals surface area contributed by atoms with E-state index in [4.69, 9.17) is 5.26 Å². The van der Waals surface area contributed by atoms with E-state index in [-0.39, 0.29) is 6.04 Å². The van der Waals surface area contributed by atoms with Crippen molar-refractivity contribution in [3.8, 4) is 6.07 Å². The Morgan fingerprint density at radius 2 is 1.88 bits per heavy atom. The van der Waals surface area contributed by atoms with E-state index in [0.717, 1.165) is 17.2 Å². The van der Waals surface area contributed by atoms with Crippen LogP contribution < -0.4 is 10.6 Å². The lowest BCUT2D eigenvalue weighted by Gasteiger charge is -2.15. The molecule has 130 valence electrons. The minimum Gasteiger partial charge on any atom is -0.363 e. The average Bonchev–Trinajstić information content (AvgIpc) is 3.42. The van der Waals surface area contributed by atoms with Crippen LogP contribution in [0, 0.1) is 11.3 Å². The van der Waals surface area contributed by atoms with Gasteiger partial charge in [0.1, 0.15) is 18.0 Å². The number of nitrogens with zero attached hydrogens (tertiary/aromatic N) is 4. The van der Waals surface area contributed by atoms with Crippen molar-refractivity contribution in [2.24, 2.45) is 0 Å². The molecule has 2 heterocycles. The molecule has 1 unspecified atom stereocenters. The van der Waals surface area contributed by atoms with E-state index >= 15 is 0 Å². The molecule has 1 aromatic carbocycles. The molecule has 1 aliphatic carbocycles. The summed E-state index contributed by atoms with van der Waals surface area (Å²) in [4.78, 5) is 8.54. The molecule has 3 N–H and O–H groups in total. The van der Waals surface area contributed by atoms with Gasteiger partial charge in [0.25, 0.3) is 0 Å². The third kappa shape index (κ3) is 3.64. The second-order valence-corrected chi connectivity index (χ2v) is 6.50. The molecule has 0 saturated heterocycles. The van der Waals surface area contributed by atoms with E-state index in [0.29, 0.717) is 17.3 Å². The maximum atomic E-state index is 8.89. The number of benzene rings is 1. The number of aromatic nitrogens is 4. The molecule has 1 fully saturated rings. The van der Waals surface area contributed by atoms with E-state index in [1.807, 2.05) is 43.3 Å². The summed E-state index contributed by atoms with van der Waals surface area (Å²) in [6, 6.07) is 13.6. The van der Waals surface area contributed by atoms with Gasteiger partial charge in [0.05, 0.1) is 11.6 Å². The molecule has 7 nitrogen and oxygen atoms in total. The Morgan fingerprint density at radius 3 is 2.62 bits per heavy atom. The first-order valence-electron chi connectivity index (χ1n) is 8.62. The van der Waals surface area contributed by atoms with Gasteiger partial charge in [-0.25, -0.2) is 9.97 Å². The van der Waals surface area contributed by atoms with Crippen molar-refractivity contribution in [1.82, 2.24) is 20.2 Å². The average molecular weight is 345 g/mol. The van der Waals surface area contributed by atoms with Crippen LogP contribution in [0.2, 0.25) is 0 Å². The summed E-state index contributed by atoms with van der Waals surface area (Å²) < 4.78 is 0. The quantitative estimate of drug-likeness (QED) is 0.627. The molecule has 0 bridgehead atoms. The van der Waals surface area contributed by atoms with Gasteiger partial charge in [-0.2, -0.15) is 10.4 Å². The fourth-order valence-electron chi connectivity index (χ4n) is 2.79.